The van der Waals surface area contributed by atoms with E-state index in [0.717, 1.165) is 31.0 Å². The van der Waals surface area contributed by atoms with E-state index in [1.54, 1.807) is 0 Å². The lowest BCUT2D eigenvalue weighted by molar-refractivity contribution is 0.280. The molecule has 0 aliphatic rings. The molecule has 2 aromatic carbocycles. The van der Waals surface area contributed by atoms with Crippen LogP contribution in [0, 0.1) is 0 Å². The van der Waals surface area contributed by atoms with Gasteiger partial charge in [-0.15, -0.1) is 0 Å². The molecule has 0 amide bonds. The van der Waals surface area contributed by atoms with Crippen LogP contribution < -0.4 is 0 Å². The predicted molar refractivity (Wildman–Crippen MR) is 90.0 cm³/mol. The lowest BCUT2D eigenvalue weighted by atomic mass is 10.1. The lowest BCUT2D eigenvalue weighted by Crippen LogP contribution is -2.25. The van der Waals surface area contributed by atoms with Crippen LogP contribution in [0.4, 0.5) is 0 Å². The summed E-state index contributed by atoms with van der Waals surface area (Å²) in [5.74, 6) is 0.736. The van der Waals surface area contributed by atoms with Crippen molar-refractivity contribution in [1.82, 2.24) is 4.90 Å². The van der Waals surface area contributed by atoms with E-state index in [1.807, 2.05) is 0 Å². The van der Waals surface area contributed by atoms with Crippen molar-refractivity contribution in [3.05, 3.63) is 83.9 Å². The second-order valence-corrected chi connectivity index (χ2v) is 5.34. The third kappa shape index (κ3) is 4.87. The Bertz CT molecular complexity index is 480. The van der Waals surface area contributed by atoms with E-state index in [-0.39, 0.29) is 0 Å². The third-order valence-corrected chi connectivity index (χ3v) is 3.62. The van der Waals surface area contributed by atoms with Crippen LogP contribution in [0.25, 0.3) is 0 Å². The molecule has 0 fully saturated rings. The van der Waals surface area contributed by atoms with Gasteiger partial charge >= 0.3 is 0 Å². The van der Waals surface area contributed by atoms with Gasteiger partial charge in [-0.25, -0.2) is 0 Å². The first-order chi connectivity index (χ1) is 9.78. The molecule has 0 unspecified atom stereocenters. The van der Waals surface area contributed by atoms with Crippen LogP contribution in [0.2, 0.25) is 0 Å². The quantitative estimate of drug-likeness (QED) is 0.589. The number of thiol groups is 1. The predicted octanol–water partition coefficient (Wildman–Crippen LogP) is 4.17. The lowest BCUT2D eigenvalue weighted by Gasteiger charge is -2.23. The monoisotopic (exact) mass is 283 g/mol. The van der Waals surface area contributed by atoms with E-state index in [4.69, 9.17) is 0 Å². The van der Waals surface area contributed by atoms with Crippen molar-refractivity contribution in [2.45, 2.75) is 13.1 Å². The Balaban J connectivity index is 2.06. The summed E-state index contributed by atoms with van der Waals surface area (Å²) in [6.45, 7) is 6.83. The minimum absolute atomic E-state index is 0.736. The summed E-state index contributed by atoms with van der Waals surface area (Å²) in [7, 11) is 0. The van der Waals surface area contributed by atoms with Gasteiger partial charge in [0.05, 0.1) is 0 Å². The fourth-order valence-corrected chi connectivity index (χ4v) is 2.32. The highest BCUT2D eigenvalue weighted by Crippen LogP contribution is 2.12. The molecule has 2 heteroatoms. The highest BCUT2D eigenvalue weighted by atomic mass is 32.1. The van der Waals surface area contributed by atoms with Gasteiger partial charge in [0, 0.05) is 25.4 Å². The van der Waals surface area contributed by atoms with Crippen molar-refractivity contribution in [3.8, 4) is 0 Å². The van der Waals surface area contributed by atoms with E-state index in [9.17, 15) is 0 Å². The molecular weight excluding hydrogens is 262 g/mol. The molecule has 0 saturated carbocycles. The smallest absolute Gasteiger partial charge is 0.0240 e. The average molecular weight is 283 g/mol. The zero-order chi connectivity index (χ0) is 14.2. The summed E-state index contributed by atoms with van der Waals surface area (Å²) in [4.78, 5) is 2.41. The largest absolute Gasteiger partial charge is 0.291 e. The zero-order valence-electron chi connectivity index (χ0n) is 11.7. The average Bonchev–Trinajstić information content (AvgIpc) is 2.49. The van der Waals surface area contributed by atoms with E-state index >= 15 is 0 Å². The molecule has 0 atom stereocenters. The first-order valence-electron chi connectivity index (χ1n) is 6.85. The van der Waals surface area contributed by atoms with Crippen LogP contribution in [0.3, 0.4) is 0 Å². The molecule has 0 aromatic heterocycles. The maximum Gasteiger partial charge on any atom is 0.0240 e. The second kappa shape index (κ2) is 7.93. The molecule has 0 spiro atoms. The molecule has 0 heterocycles. The number of hydrogen-bond acceptors (Lipinski definition) is 2. The molecule has 2 rings (SSSR count). The number of nitrogens with zero attached hydrogens (tertiary/aromatic N) is 1. The summed E-state index contributed by atoms with van der Waals surface area (Å²) in [5.41, 5.74) is 3.81. The van der Waals surface area contributed by atoms with Gasteiger partial charge in [0.25, 0.3) is 0 Å². The number of rotatable bonds is 7. The van der Waals surface area contributed by atoms with E-state index < -0.39 is 0 Å². The van der Waals surface area contributed by atoms with Crippen molar-refractivity contribution in [1.29, 1.82) is 0 Å². The van der Waals surface area contributed by atoms with Crippen LogP contribution in [0.5, 0.6) is 0 Å². The Kier molecular flexibility index (Phi) is 5.90. The van der Waals surface area contributed by atoms with Crippen molar-refractivity contribution in [2.24, 2.45) is 0 Å². The number of hydrogen-bond donors (Lipinski definition) is 1. The minimum Gasteiger partial charge on any atom is -0.291 e. The molecule has 0 radical (unpaired) electrons. The van der Waals surface area contributed by atoms with Gasteiger partial charge in [-0.3, -0.25) is 4.90 Å². The first kappa shape index (κ1) is 14.9. The van der Waals surface area contributed by atoms with Gasteiger partial charge in [0.2, 0.25) is 0 Å². The summed E-state index contributed by atoms with van der Waals surface area (Å²) in [6, 6.07) is 21.1. The van der Waals surface area contributed by atoms with Crippen LogP contribution in [-0.4, -0.2) is 17.2 Å². The van der Waals surface area contributed by atoms with Gasteiger partial charge in [-0.2, -0.15) is 12.6 Å². The van der Waals surface area contributed by atoms with E-state index in [2.05, 4.69) is 84.8 Å². The molecule has 104 valence electrons. The Morgan fingerprint density at radius 2 is 1.30 bits per heavy atom. The highest BCUT2D eigenvalue weighted by molar-refractivity contribution is 7.80. The minimum atomic E-state index is 0.736. The summed E-state index contributed by atoms with van der Waals surface area (Å²) < 4.78 is 0. The molecule has 1 nitrogen and oxygen atoms in total. The molecule has 0 bridgehead atoms. The Hall–Kier alpha value is -1.51. The molecule has 0 aliphatic carbocycles. The number of benzene rings is 2. The Morgan fingerprint density at radius 3 is 1.70 bits per heavy atom. The zero-order valence-corrected chi connectivity index (χ0v) is 12.6. The van der Waals surface area contributed by atoms with E-state index in [1.165, 1.54) is 11.1 Å². The fraction of sp³-hybridized carbons (Fsp3) is 0.222. The van der Waals surface area contributed by atoms with Gasteiger partial charge < -0.3 is 0 Å². The topological polar surface area (TPSA) is 3.24 Å². The highest BCUT2D eigenvalue weighted by Gasteiger charge is 2.08. The molecule has 0 N–H and O–H groups in total. The SMILES string of the molecule is C=C(CS)CN(Cc1ccccc1)Cc1ccccc1. The molecule has 2 aromatic rings. The van der Waals surface area contributed by atoms with Crippen LogP contribution in [0.15, 0.2) is 72.8 Å². The molecule has 0 aliphatic heterocycles. The second-order valence-electron chi connectivity index (χ2n) is 5.02. The summed E-state index contributed by atoms with van der Waals surface area (Å²) >= 11 is 4.32. The van der Waals surface area contributed by atoms with Crippen LogP contribution in [0.1, 0.15) is 11.1 Å². The Morgan fingerprint density at radius 1 is 0.850 bits per heavy atom. The van der Waals surface area contributed by atoms with Crippen molar-refractivity contribution in [2.75, 3.05) is 12.3 Å². The van der Waals surface area contributed by atoms with Crippen LogP contribution in [-0.2, 0) is 13.1 Å². The van der Waals surface area contributed by atoms with Gasteiger partial charge in [0.1, 0.15) is 0 Å². The Labute approximate surface area is 127 Å². The fourth-order valence-electron chi connectivity index (χ4n) is 2.22. The third-order valence-electron chi connectivity index (χ3n) is 3.17. The molecular formula is C18H21NS. The summed E-state index contributed by atoms with van der Waals surface area (Å²) in [5, 5.41) is 0. The maximum absolute atomic E-state index is 4.32. The molecule has 0 saturated heterocycles. The first-order valence-corrected chi connectivity index (χ1v) is 7.49. The van der Waals surface area contributed by atoms with Gasteiger partial charge in [-0.05, 0) is 11.1 Å². The maximum atomic E-state index is 4.32. The van der Waals surface area contributed by atoms with Gasteiger partial charge in [-0.1, -0.05) is 72.8 Å². The molecule has 20 heavy (non-hydrogen) atoms. The van der Waals surface area contributed by atoms with Crippen molar-refractivity contribution in [3.63, 3.8) is 0 Å². The normalized spacial score (nSPS) is 10.7. The summed E-state index contributed by atoms with van der Waals surface area (Å²) in [6.07, 6.45) is 0. The van der Waals surface area contributed by atoms with Gasteiger partial charge in [0.15, 0.2) is 0 Å². The standard InChI is InChI=1S/C18H21NS/c1-16(15-20)12-19(13-17-8-4-2-5-9-17)14-18-10-6-3-7-11-18/h2-11,20H,1,12-15H2. The van der Waals surface area contributed by atoms with Crippen molar-refractivity contribution < 1.29 is 0 Å². The van der Waals surface area contributed by atoms with E-state index in [0.29, 0.717) is 0 Å². The van der Waals surface area contributed by atoms with Crippen LogP contribution >= 0.6 is 12.6 Å². The van der Waals surface area contributed by atoms with Crippen molar-refractivity contribution >= 4 is 12.6 Å².